The second-order valence-electron chi connectivity index (χ2n) is 4.43. The molecule has 8 nitrogen and oxygen atoms in total. The maximum Gasteiger partial charge on any atom is 0.371 e. The Labute approximate surface area is 113 Å². The first-order chi connectivity index (χ1) is 9.31. The smallest absolute Gasteiger partial charge is 0.371 e. The third kappa shape index (κ3) is 2.27. The van der Waals surface area contributed by atoms with Crippen LogP contribution in [0.5, 0.6) is 0 Å². The number of aromatic nitrogens is 2. The van der Waals surface area contributed by atoms with E-state index in [1.54, 1.807) is 20.8 Å². The number of rotatable bonds is 4. The van der Waals surface area contributed by atoms with E-state index in [9.17, 15) is 14.9 Å². The molecule has 0 aliphatic heterocycles. The average Bonchev–Trinajstić information content (AvgIpc) is 2.82. The number of aryl methyl sites for hydroxylation is 2. The molecular formula is C12H13N3O5. The zero-order chi connectivity index (χ0) is 15.0. The molecule has 0 saturated carbocycles. The highest BCUT2D eigenvalue weighted by Gasteiger charge is 2.23. The molecule has 2 heterocycles. The van der Waals surface area contributed by atoms with Crippen LogP contribution in [-0.2, 0) is 6.54 Å². The molecule has 106 valence electrons. The molecule has 1 N–H and O–H groups in total. The summed E-state index contributed by atoms with van der Waals surface area (Å²) in [5.41, 5.74) is 1.35. The van der Waals surface area contributed by atoms with E-state index in [1.165, 1.54) is 10.7 Å². The zero-order valence-corrected chi connectivity index (χ0v) is 11.2. The van der Waals surface area contributed by atoms with Crippen LogP contribution in [0.25, 0.3) is 0 Å². The third-order valence-electron chi connectivity index (χ3n) is 3.08. The molecule has 0 unspecified atom stereocenters. The number of nitrogens with zero attached hydrogens (tertiary/aromatic N) is 3. The quantitative estimate of drug-likeness (QED) is 0.677. The number of aromatic carboxylic acids is 1. The fraction of sp³-hybridized carbons (Fsp3) is 0.333. The first-order valence-corrected chi connectivity index (χ1v) is 5.82. The maximum absolute atomic E-state index is 10.9. The highest BCUT2D eigenvalue weighted by molar-refractivity contribution is 5.84. The summed E-state index contributed by atoms with van der Waals surface area (Å²) in [7, 11) is 0. The van der Waals surface area contributed by atoms with Crippen LogP contribution in [0.3, 0.4) is 0 Å². The Bertz CT molecular complexity index is 698. The second-order valence-corrected chi connectivity index (χ2v) is 4.43. The van der Waals surface area contributed by atoms with Gasteiger partial charge in [0, 0.05) is 5.56 Å². The lowest BCUT2D eigenvalue weighted by molar-refractivity contribution is -0.386. The fourth-order valence-corrected chi connectivity index (χ4v) is 2.05. The molecule has 0 amide bonds. The molecule has 0 radical (unpaired) electrons. The topological polar surface area (TPSA) is 111 Å². The molecule has 0 atom stereocenters. The van der Waals surface area contributed by atoms with Crippen molar-refractivity contribution in [3.05, 3.63) is 44.7 Å². The van der Waals surface area contributed by atoms with E-state index in [0.717, 1.165) is 0 Å². The van der Waals surface area contributed by atoms with Crippen molar-refractivity contribution in [2.24, 2.45) is 0 Å². The number of hydrogen-bond donors (Lipinski definition) is 1. The van der Waals surface area contributed by atoms with Crippen molar-refractivity contribution in [3.63, 3.8) is 0 Å². The summed E-state index contributed by atoms with van der Waals surface area (Å²) in [4.78, 5) is 21.3. The van der Waals surface area contributed by atoms with Crippen LogP contribution in [0.15, 0.2) is 10.5 Å². The molecular weight excluding hydrogens is 266 g/mol. The summed E-state index contributed by atoms with van der Waals surface area (Å²) in [5, 5.41) is 23.9. The Morgan fingerprint density at radius 3 is 2.60 bits per heavy atom. The molecule has 0 fully saturated rings. The maximum atomic E-state index is 10.9. The standard InChI is InChI=1S/C12H13N3O5/c1-6-11(15(18)19)7(2)14(13-6)5-9-4-10(12(16)17)20-8(9)3/h4H,5H2,1-3H3,(H,16,17). The minimum absolute atomic E-state index is 0.0235. The minimum Gasteiger partial charge on any atom is -0.475 e. The van der Waals surface area contributed by atoms with Crippen LogP contribution < -0.4 is 0 Å². The number of carbonyl (C=O) groups is 1. The van der Waals surface area contributed by atoms with Crippen LogP contribution in [0.4, 0.5) is 5.69 Å². The van der Waals surface area contributed by atoms with Crippen LogP contribution in [0.1, 0.15) is 33.3 Å². The molecule has 8 heteroatoms. The van der Waals surface area contributed by atoms with E-state index in [2.05, 4.69) is 5.10 Å². The second kappa shape index (κ2) is 4.80. The molecule has 0 aliphatic rings. The van der Waals surface area contributed by atoms with Crippen LogP contribution in [0, 0.1) is 30.9 Å². The third-order valence-corrected chi connectivity index (χ3v) is 3.08. The van der Waals surface area contributed by atoms with Crippen molar-refractivity contribution in [1.29, 1.82) is 0 Å². The Morgan fingerprint density at radius 2 is 2.15 bits per heavy atom. The van der Waals surface area contributed by atoms with Gasteiger partial charge in [-0.1, -0.05) is 0 Å². The summed E-state index contributed by atoms with van der Waals surface area (Å²) in [5.74, 6) is -0.857. The first kappa shape index (κ1) is 13.8. The van der Waals surface area contributed by atoms with Gasteiger partial charge in [-0.2, -0.15) is 5.10 Å². The van der Waals surface area contributed by atoms with Crippen LogP contribution >= 0.6 is 0 Å². The van der Waals surface area contributed by atoms with Gasteiger partial charge in [-0.05, 0) is 26.8 Å². The summed E-state index contributed by atoms with van der Waals surface area (Å²) in [6.45, 7) is 5.03. The van der Waals surface area contributed by atoms with Gasteiger partial charge in [0.2, 0.25) is 5.76 Å². The average molecular weight is 279 g/mol. The zero-order valence-electron chi connectivity index (χ0n) is 11.2. The van der Waals surface area contributed by atoms with Gasteiger partial charge in [-0.3, -0.25) is 14.8 Å². The number of carboxylic acids is 1. The minimum atomic E-state index is -1.15. The lowest BCUT2D eigenvalue weighted by Gasteiger charge is -2.01. The molecule has 0 spiro atoms. The number of carboxylic acid groups (broad SMARTS) is 1. The van der Waals surface area contributed by atoms with Crippen LogP contribution in [0.2, 0.25) is 0 Å². The van der Waals surface area contributed by atoms with E-state index in [0.29, 0.717) is 22.7 Å². The molecule has 2 rings (SSSR count). The van der Waals surface area contributed by atoms with Crippen molar-refractivity contribution in [2.75, 3.05) is 0 Å². The Balaban J connectivity index is 2.38. The first-order valence-electron chi connectivity index (χ1n) is 5.82. The molecule has 2 aromatic rings. The summed E-state index contributed by atoms with van der Waals surface area (Å²) < 4.78 is 6.57. The normalized spacial score (nSPS) is 10.8. The van der Waals surface area contributed by atoms with Crippen molar-refractivity contribution in [3.8, 4) is 0 Å². The van der Waals surface area contributed by atoms with Gasteiger partial charge in [0.15, 0.2) is 0 Å². The summed E-state index contributed by atoms with van der Waals surface area (Å²) in [6, 6.07) is 1.40. The number of hydrogen-bond acceptors (Lipinski definition) is 5. The van der Waals surface area contributed by atoms with Gasteiger partial charge in [0.05, 0.1) is 11.5 Å². The fourth-order valence-electron chi connectivity index (χ4n) is 2.05. The van der Waals surface area contributed by atoms with Crippen molar-refractivity contribution >= 4 is 11.7 Å². The van der Waals surface area contributed by atoms with Crippen molar-refractivity contribution < 1.29 is 19.2 Å². The monoisotopic (exact) mass is 279 g/mol. The van der Waals surface area contributed by atoms with Gasteiger partial charge < -0.3 is 9.52 Å². The Kier molecular flexibility index (Phi) is 3.31. The lowest BCUT2D eigenvalue weighted by Crippen LogP contribution is -2.04. The van der Waals surface area contributed by atoms with E-state index in [4.69, 9.17) is 9.52 Å². The van der Waals surface area contributed by atoms with Gasteiger partial charge in [0.25, 0.3) is 0 Å². The number of furan rings is 1. The largest absolute Gasteiger partial charge is 0.475 e. The van der Waals surface area contributed by atoms with Gasteiger partial charge in [-0.25, -0.2) is 4.79 Å². The summed E-state index contributed by atoms with van der Waals surface area (Å²) in [6.07, 6.45) is 0. The van der Waals surface area contributed by atoms with Gasteiger partial charge >= 0.3 is 11.7 Å². The van der Waals surface area contributed by atoms with Gasteiger partial charge in [0.1, 0.15) is 17.1 Å². The Hall–Kier alpha value is -2.64. The van der Waals surface area contributed by atoms with E-state index < -0.39 is 10.9 Å². The number of nitro groups is 1. The SMILES string of the molecule is Cc1nn(Cc2cc(C(=O)O)oc2C)c(C)c1[N+](=O)[O-]. The van der Waals surface area contributed by atoms with Crippen molar-refractivity contribution in [2.45, 2.75) is 27.3 Å². The summed E-state index contributed by atoms with van der Waals surface area (Å²) >= 11 is 0. The molecule has 0 bridgehead atoms. The van der Waals surface area contributed by atoms with Crippen LogP contribution in [-0.4, -0.2) is 25.8 Å². The lowest BCUT2D eigenvalue weighted by atomic mass is 10.2. The molecule has 0 aliphatic carbocycles. The molecule has 2 aromatic heterocycles. The highest BCUT2D eigenvalue weighted by atomic mass is 16.6. The molecule has 20 heavy (non-hydrogen) atoms. The highest BCUT2D eigenvalue weighted by Crippen LogP contribution is 2.24. The van der Waals surface area contributed by atoms with E-state index in [1.807, 2.05) is 0 Å². The van der Waals surface area contributed by atoms with Gasteiger partial charge in [-0.15, -0.1) is 0 Å². The van der Waals surface area contributed by atoms with E-state index >= 15 is 0 Å². The predicted molar refractivity (Wildman–Crippen MR) is 67.9 cm³/mol. The molecule has 0 aromatic carbocycles. The van der Waals surface area contributed by atoms with Crippen molar-refractivity contribution in [1.82, 2.24) is 9.78 Å². The Morgan fingerprint density at radius 1 is 1.50 bits per heavy atom. The van der Waals surface area contributed by atoms with E-state index in [-0.39, 0.29) is 18.0 Å². The predicted octanol–water partition coefficient (Wildman–Crippen LogP) is 2.06. The molecule has 0 saturated heterocycles.